The molecule has 0 radical (unpaired) electrons. The quantitative estimate of drug-likeness (QED) is 0.330. The molecule has 0 bridgehead atoms. The summed E-state index contributed by atoms with van der Waals surface area (Å²) < 4.78 is 11.4. The molecule has 0 spiro atoms. The number of likely N-dealkylation sites (tertiary alicyclic amines) is 1. The number of nitrogens with zero attached hydrogens (tertiary/aromatic N) is 2. The SMILES string of the molecule is CCOc1ccccc1CNC(=NC)NCC(c1ccco1)N1CCCC1.I. The average molecular weight is 498 g/mol. The minimum Gasteiger partial charge on any atom is -0.494 e. The van der Waals surface area contributed by atoms with E-state index in [2.05, 4.69) is 32.7 Å². The average Bonchev–Trinajstić information content (AvgIpc) is 3.40. The predicted octanol–water partition coefficient (Wildman–Crippen LogP) is 3.80. The predicted molar refractivity (Wildman–Crippen MR) is 123 cm³/mol. The van der Waals surface area contributed by atoms with E-state index in [1.165, 1.54) is 12.8 Å². The van der Waals surface area contributed by atoms with Gasteiger partial charge in [-0.1, -0.05) is 18.2 Å². The number of furan rings is 1. The lowest BCUT2D eigenvalue weighted by molar-refractivity contribution is 0.215. The van der Waals surface area contributed by atoms with Crippen LogP contribution in [0, 0.1) is 0 Å². The molecule has 1 fully saturated rings. The molecule has 154 valence electrons. The maximum Gasteiger partial charge on any atom is 0.191 e. The molecule has 1 aromatic carbocycles. The molecule has 2 N–H and O–H groups in total. The van der Waals surface area contributed by atoms with Gasteiger partial charge in [0.2, 0.25) is 0 Å². The standard InChI is InChI=1S/C21H30N4O2.HI/c1-3-26-19-10-5-4-9-17(19)15-23-21(22-2)24-16-18(20-11-8-14-27-20)25-12-6-7-13-25;/h4-5,8-11,14,18H,3,6-7,12-13,15-16H2,1-2H3,(H2,22,23,24);1H. The van der Waals surface area contributed by atoms with Gasteiger partial charge in [-0.15, -0.1) is 24.0 Å². The van der Waals surface area contributed by atoms with Crippen molar-refractivity contribution in [2.75, 3.05) is 33.3 Å². The van der Waals surface area contributed by atoms with Crippen LogP contribution in [-0.4, -0.2) is 44.1 Å². The molecule has 1 aliphatic rings. The van der Waals surface area contributed by atoms with Gasteiger partial charge in [-0.2, -0.15) is 0 Å². The van der Waals surface area contributed by atoms with E-state index in [0.29, 0.717) is 13.2 Å². The second-order valence-electron chi connectivity index (χ2n) is 6.62. The van der Waals surface area contributed by atoms with E-state index in [1.54, 1.807) is 13.3 Å². The van der Waals surface area contributed by atoms with Crippen LogP contribution in [0.25, 0.3) is 0 Å². The zero-order valence-electron chi connectivity index (χ0n) is 16.7. The van der Waals surface area contributed by atoms with Crippen molar-refractivity contribution in [2.45, 2.75) is 32.4 Å². The first-order valence-electron chi connectivity index (χ1n) is 9.74. The number of guanidine groups is 1. The van der Waals surface area contributed by atoms with Crippen LogP contribution in [0.3, 0.4) is 0 Å². The molecule has 2 heterocycles. The van der Waals surface area contributed by atoms with Crippen molar-refractivity contribution in [1.29, 1.82) is 0 Å². The molecule has 28 heavy (non-hydrogen) atoms. The van der Waals surface area contributed by atoms with Crippen LogP contribution < -0.4 is 15.4 Å². The Hall–Kier alpha value is -1.74. The Morgan fingerprint density at radius 3 is 2.64 bits per heavy atom. The van der Waals surface area contributed by atoms with Gasteiger partial charge in [-0.25, -0.2) is 0 Å². The van der Waals surface area contributed by atoms with E-state index in [1.807, 2.05) is 31.2 Å². The molecule has 2 aromatic rings. The highest BCUT2D eigenvalue weighted by molar-refractivity contribution is 14.0. The van der Waals surface area contributed by atoms with E-state index in [9.17, 15) is 0 Å². The number of nitrogens with one attached hydrogen (secondary N) is 2. The Bertz CT molecular complexity index is 715. The highest BCUT2D eigenvalue weighted by Crippen LogP contribution is 2.24. The number of halogens is 1. The van der Waals surface area contributed by atoms with E-state index in [-0.39, 0.29) is 30.0 Å². The second kappa shape index (κ2) is 12.0. The van der Waals surface area contributed by atoms with Gasteiger partial charge >= 0.3 is 0 Å². The summed E-state index contributed by atoms with van der Waals surface area (Å²) in [6.45, 7) is 6.29. The number of hydrogen-bond acceptors (Lipinski definition) is 4. The fourth-order valence-corrected chi connectivity index (χ4v) is 3.48. The van der Waals surface area contributed by atoms with Gasteiger partial charge in [-0.3, -0.25) is 9.89 Å². The first-order valence-corrected chi connectivity index (χ1v) is 9.74. The van der Waals surface area contributed by atoms with Gasteiger partial charge in [0, 0.05) is 25.7 Å². The summed E-state index contributed by atoms with van der Waals surface area (Å²) in [6.07, 6.45) is 4.24. The van der Waals surface area contributed by atoms with Gasteiger partial charge in [0.05, 0.1) is 18.9 Å². The fourth-order valence-electron chi connectivity index (χ4n) is 3.48. The van der Waals surface area contributed by atoms with Crippen LogP contribution >= 0.6 is 24.0 Å². The first-order chi connectivity index (χ1) is 13.3. The molecule has 6 nitrogen and oxygen atoms in total. The highest BCUT2D eigenvalue weighted by Gasteiger charge is 2.25. The molecule has 1 aromatic heterocycles. The Balaban J connectivity index is 0.00000280. The summed E-state index contributed by atoms with van der Waals surface area (Å²) >= 11 is 0. The molecule has 1 aliphatic heterocycles. The van der Waals surface area contributed by atoms with Crippen LogP contribution in [0.4, 0.5) is 0 Å². The third-order valence-electron chi connectivity index (χ3n) is 4.86. The molecular weight excluding hydrogens is 467 g/mol. The lowest BCUT2D eigenvalue weighted by atomic mass is 10.2. The molecule has 1 atom stereocenters. The third-order valence-corrected chi connectivity index (χ3v) is 4.86. The number of para-hydroxylation sites is 1. The summed E-state index contributed by atoms with van der Waals surface area (Å²) in [4.78, 5) is 6.84. The van der Waals surface area contributed by atoms with Crippen LogP contribution in [0.1, 0.15) is 37.1 Å². The normalized spacial score (nSPS) is 15.7. The summed E-state index contributed by atoms with van der Waals surface area (Å²) in [7, 11) is 1.79. The van der Waals surface area contributed by atoms with E-state index < -0.39 is 0 Å². The number of benzene rings is 1. The molecule has 1 saturated heterocycles. The van der Waals surface area contributed by atoms with Gasteiger partial charge in [-0.05, 0) is 51.1 Å². The van der Waals surface area contributed by atoms with Crippen molar-refractivity contribution in [3.05, 3.63) is 54.0 Å². The summed E-state index contributed by atoms with van der Waals surface area (Å²) in [5.74, 6) is 2.69. The Morgan fingerprint density at radius 1 is 1.18 bits per heavy atom. The number of aliphatic imine (C=N–C) groups is 1. The maximum atomic E-state index is 5.70. The van der Waals surface area contributed by atoms with Crippen molar-refractivity contribution in [3.63, 3.8) is 0 Å². The van der Waals surface area contributed by atoms with Crippen molar-refractivity contribution in [2.24, 2.45) is 4.99 Å². The van der Waals surface area contributed by atoms with Gasteiger partial charge in [0.15, 0.2) is 5.96 Å². The minimum atomic E-state index is 0. The summed E-state index contributed by atoms with van der Waals surface area (Å²) in [6, 6.07) is 12.3. The molecule has 0 amide bonds. The number of ether oxygens (including phenoxy) is 1. The smallest absolute Gasteiger partial charge is 0.191 e. The molecule has 0 saturated carbocycles. The zero-order valence-corrected chi connectivity index (χ0v) is 19.0. The maximum absolute atomic E-state index is 5.70. The van der Waals surface area contributed by atoms with Gasteiger partial charge in [0.1, 0.15) is 11.5 Å². The number of hydrogen-bond donors (Lipinski definition) is 2. The number of rotatable bonds is 8. The fraction of sp³-hybridized carbons (Fsp3) is 0.476. The van der Waals surface area contributed by atoms with Gasteiger partial charge < -0.3 is 19.8 Å². The lowest BCUT2D eigenvalue weighted by Crippen LogP contribution is -2.42. The van der Waals surface area contributed by atoms with E-state index in [0.717, 1.165) is 42.7 Å². The first kappa shape index (κ1) is 22.5. The molecular formula is C21H31IN4O2. The molecule has 7 heteroatoms. The summed E-state index contributed by atoms with van der Waals surface area (Å²) in [5.41, 5.74) is 1.12. The van der Waals surface area contributed by atoms with Crippen molar-refractivity contribution in [1.82, 2.24) is 15.5 Å². The van der Waals surface area contributed by atoms with Crippen molar-refractivity contribution < 1.29 is 9.15 Å². The lowest BCUT2D eigenvalue weighted by Gasteiger charge is -2.26. The Morgan fingerprint density at radius 2 is 1.96 bits per heavy atom. The summed E-state index contributed by atoms with van der Waals surface area (Å²) in [5, 5.41) is 6.84. The molecule has 1 unspecified atom stereocenters. The van der Waals surface area contributed by atoms with Crippen LogP contribution in [0.15, 0.2) is 52.1 Å². The molecule has 3 rings (SSSR count). The van der Waals surface area contributed by atoms with Crippen LogP contribution in [0.2, 0.25) is 0 Å². The highest BCUT2D eigenvalue weighted by atomic mass is 127. The van der Waals surface area contributed by atoms with E-state index >= 15 is 0 Å². The third kappa shape index (κ3) is 6.13. The largest absolute Gasteiger partial charge is 0.494 e. The minimum absolute atomic E-state index is 0. The topological polar surface area (TPSA) is 62.0 Å². The van der Waals surface area contributed by atoms with Crippen molar-refractivity contribution >= 4 is 29.9 Å². The Kier molecular flexibility index (Phi) is 9.63. The van der Waals surface area contributed by atoms with Gasteiger partial charge in [0.25, 0.3) is 0 Å². The van der Waals surface area contributed by atoms with Crippen LogP contribution in [-0.2, 0) is 6.54 Å². The van der Waals surface area contributed by atoms with E-state index in [4.69, 9.17) is 9.15 Å². The second-order valence-corrected chi connectivity index (χ2v) is 6.62. The van der Waals surface area contributed by atoms with Crippen LogP contribution in [0.5, 0.6) is 5.75 Å². The molecule has 0 aliphatic carbocycles. The van der Waals surface area contributed by atoms with Crippen molar-refractivity contribution in [3.8, 4) is 5.75 Å². The monoisotopic (exact) mass is 498 g/mol. The zero-order chi connectivity index (χ0) is 18.9. The Labute approximate surface area is 184 Å².